The van der Waals surface area contributed by atoms with Crippen LogP contribution in [0.25, 0.3) is 0 Å². The van der Waals surface area contributed by atoms with Crippen molar-refractivity contribution in [1.29, 1.82) is 0 Å². The number of halogens is 1. The van der Waals surface area contributed by atoms with Crippen molar-refractivity contribution in [1.82, 2.24) is 9.99 Å². The third-order valence-corrected chi connectivity index (χ3v) is 3.98. The molecule has 0 radical (unpaired) electrons. The van der Waals surface area contributed by atoms with Crippen LogP contribution in [0.4, 0.5) is 0 Å². The molecule has 88 valence electrons. The molecule has 0 unspecified atom stereocenters. The molecule has 2 heterocycles. The molecule has 0 saturated carbocycles. The minimum atomic E-state index is 0.0405. The van der Waals surface area contributed by atoms with Gasteiger partial charge in [-0.3, -0.25) is 5.84 Å². The summed E-state index contributed by atoms with van der Waals surface area (Å²) in [6.07, 6.45) is 2.02. The Morgan fingerprint density at radius 3 is 2.94 bits per heavy atom. The van der Waals surface area contributed by atoms with E-state index in [1.807, 2.05) is 10.4 Å². The van der Waals surface area contributed by atoms with Crippen LogP contribution in [-0.4, -0.2) is 33.5 Å². The first-order valence-electron chi connectivity index (χ1n) is 5.03. The highest BCUT2D eigenvalue weighted by Crippen LogP contribution is 2.29. The van der Waals surface area contributed by atoms with Crippen LogP contribution >= 0.6 is 22.9 Å². The molecule has 0 spiro atoms. The molecule has 1 aromatic rings. The lowest BCUT2D eigenvalue weighted by atomic mass is 9.99. The monoisotopic (exact) mass is 260 g/mol. The van der Waals surface area contributed by atoms with Gasteiger partial charge in [0.05, 0.1) is 5.01 Å². The Balaban J connectivity index is 2.07. The number of hydrazine groups is 1. The summed E-state index contributed by atoms with van der Waals surface area (Å²) in [6.45, 7) is 1.78. The summed E-state index contributed by atoms with van der Waals surface area (Å²) in [4.78, 5) is 4.37. The maximum Gasteiger partial charge on any atom is 0.194 e. The highest BCUT2D eigenvalue weighted by molar-refractivity contribution is 7.10. The highest BCUT2D eigenvalue weighted by atomic mass is 35.5. The molecule has 0 aliphatic carbocycles. The van der Waals surface area contributed by atoms with E-state index in [0.29, 0.717) is 11.6 Å². The van der Waals surface area contributed by atoms with Gasteiger partial charge in [0.1, 0.15) is 5.69 Å². The van der Waals surface area contributed by atoms with E-state index < -0.39 is 0 Å². The summed E-state index contributed by atoms with van der Waals surface area (Å²) in [7, 11) is 0. The largest absolute Gasteiger partial charge is 0.410 e. The van der Waals surface area contributed by atoms with Crippen molar-refractivity contribution in [3.05, 3.63) is 16.1 Å². The fourth-order valence-electron chi connectivity index (χ4n) is 1.77. The lowest BCUT2D eigenvalue weighted by Gasteiger charge is -2.27. The molecule has 5 nitrogen and oxygen atoms in total. The van der Waals surface area contributed by atoms with Gasteiger partial charge in [-0.2, -0.15) is 0 Å². The van der Waals surface area contributed by atoms with E-state index in [4.69, 9.17) is 22.7 Å². The van der Waals surface area contributed by atoms with Crippen LogP contribution in [0.1, 0.15) is 29.5 Å². The first-order valence-corrected chi connectivity index (χ1v) is 6.29. The van der Waals surface area contributed by atoms with Crippen LogP contribution in [0, 0.1) is 0 Å². The molecule has 0 atom stereocenters. The zero-order valence-corrected chi connectivity index (χ0v) is 10.2. The first-order chi connectivity index (χ1) is 7.70. The molecule has 0 aromatic carbocycles. The Morgan fingerprint density at radius 2 is 2.31 bits per heavy atom. The van der Waals surface area contributed by atoms with Crippen molar-refractivity contribution >= 4 is 28.1 Å². The van der Waals surface area contributed by atoms with Crippen LogP contribution in [-0.2, 0) is 0 Å². The SMILES string of the molecule is NN1CCC(c2nc(/C(Cl)=N/O)cs2)CC1. The van der Waals surface area contributed by atoms with Crippen molar-refractivity contribution in [2.24, 2.45) is 11.0 Å². The van der Waals surface area contributed by atoms with E-state index in [1.54, 1.807) is 11.3 Å². The molecule has 7 heteroatoms. The second-order valence-corrected chi connectivity index (χ2v) is 5.02. The average molecular weight is 261 g/mol. The predicted octanol–water partition coefficient (Wildman–Crippen LogP) is 1.57. The first kappa shape index (κ1) is 11.8. The minimum Gasteiger partial charge on any atom is -0.410 e. The fourth-order valence-corrected chi connectivity index (χ4v) is 2.90. The number of nitrogens with two attached hydrogens (primary N) is 1. The summed E-state index contributed by atoms with van der Waals surface area (Å²) in [5.41, 5.74) is 0.541. The number of hydrogen-bond acceptors (Lipinski definition) is 6. The summed E-state index contributed by atoms with van der Waals surface area (Å²) >= 11 is 7.24. The zero-order chi connectivity index (χ0) is 11.5. The molecule has 16 heavy (non-hydrogen) atoms. The van der Waals surface area contributed by atoms with E-state index in [2.05, 4.69) is 10.1 Å². The van der Waals surface area contributed by atoms with Crippen LogP contribution in [0.5, 0.6) is 0 Å². The summed E-state index contributed by atoms with van der Waals surface area (Å²) < 4.78 is 0. The van der Waals surface area contributed by atoms with Gasteiger partial charge in [-0.05, 0) is 12.8 Å². The van der Waals surface area contributed by atoms with E-state index in [1.165, 1.54) is 0 Å². The Labute approximate surface area is 102 Å². The topological polar surface area (TPSA) is 74.7 Å². The quantitative estimate of drug-likeness (QED) is 0.366. The second kappa shape index (κ2) is 5.09. The van der Waals surface area contributed by atoms with Gasteiger partial charge < -0.3 is 5.21 Å². The van der Waals surface area contributed by atoms with Crippen molar-refractivity contribution in [3.63, 3.8) is 0 Å². The van der Waals surface area contributed by atoms with E-state index in [-0.39, 0.29) is 5.17 Å². The standard InChI is InChI=1S/C9H13ClN4OS/c10-8(13-15)7-5-16-9(12-7)6-1-3-14(11)4-2-6/h5-6,15H,1-4,11H2/b13-8-. The number of oxime groups is 1. The van der Waals surface area contributed by atoms with E-state index in [0.717, 1.165) is 30.9 Å². The highest BCUT2D eigenvalue weighted by Gasteiger charge is 2.22. The molecule has 0 bridgehead atoms. The average Bonchev–Trinajstić information content (AvgIpc) is 2.78. The molecule has 1 saturated heterocycles. The Kier molecular flexibility index (Phi) is 3.75. The summed E-state index contributed by atoms with van der Waals surface area (Å²) in [5.74, 6) is 6.14. The van der Waals surface area contributed by atoms with Gasteiger partial charge in [0.25, 0.3) is 0 Å². The van der Waals surface area contributed by atoms with Gasteiger partial charge in [-0.1, -0.05) is 16.8 Å². The Bertz CT molecular complexity index is 387. The van der Waals surface area contributed by atoms with E-state index >= 15 is 0 Å². The van der Waals surface area contributed by atoms with Crippen LogP contribution in [0.2, 0.25) is 0 Å². The number of nitrogens with zero attached hydrogens (tertiary/aromatic N) is 3. The number of piperidine rings is 1. The molecule has 0 amide bonds. The van der Waals surface area contributed by atoms with Crippen molar-refractivity contribution in [2.75, 3.05) is 13.1 Å². The summed E-state index contributed by atoms with van der Waals surface area (Å²) in [5, 5.41) is 16.2. The van der Waals surface area contributed by atoms with Gasteiger partial charge in [-0.25, -0.2) is 9.99 Å². The lowest BCUT2D eigenvalue weighted by Crippen LogP contribution is -2.38. The van der Waals surface area contributed by atoms with Gasteiger partial charge in [0.2, 0.25) is 0 Å². The van der Waals surface area contributed by atoms with Gasteiger partial charge >= 0.3 is 0 Å². The van der Waals surface area contributed by atoms with Crippen LogP contribution in [0.3, 0.4) is 0 Å². The maximum absolute atomic E-state index is 8.54. The van der Waals surface area contributed by atoms with Crippen LogP contribution < -0.4 is 5.84 Å². The summed E-state index contributed by atoms with van der Waals surface area (Å²) in [6, 6.07) is 0. The number of rotatable bonds is 2. The van der Waals surface area contributed by atoms with E-state index in [9.17, 15) is 0 Å². The minimum absolute atomic E-state index is 0.0405. The molecule has 2 rings (SSSR count). The molecule has 1 aromatic heterocycles. The van der Waals surface area contributed by atoms with Crippen molar-refractivity contribution in [2.45, 2.75) is 18.8 Å². The van der Waals surface area contributed by atoms with Gasteiger partial charge in [-0.15, -0.1) is 11.3 Å². The predicted molar refractivity (Wildman–Crippen MR) is 64.0 cm³/mol. The number of hydrogen-bond donors (Lipinski definition) is 2. The third-order valence-electron chi connectivity index (χ3n) is 2.70. The molecular formula is C9H13ClN4OS. The Morgan fingerprint density at radius 1 is 1.62 bits per heavy atom. The molecular weight excluding hydrogens is 248 g/mol. The maximum atomic E-state index is 8.54. The molecule has 1 fully saturated rings. The fraction of sp³-hybridized carbons (Fsp3) is 0.556. The van der Waals surface area contributed by atoms with Crippen molar-refractivity contribution in [3.8, 4) is 0 Å². The Hall–Kier alpha value is -0.690. The third kappa shape index (κ3) is 2.52. The number of aromatic nitrogens is 1. The zero-order valence-electron chi connectivity index (χ0n) is 8.64. The second-order valence-electron chi connectivity index (χ2n) is 3.77. The number of thiazole rings is 1. The lowest BCUT2D eigenvalue weighted by molar-refractivity contribution is 0.217. The smallest absolute Gasteiger partial charge is 0.194 e. The van der Waals surface area contributed by atoms with Gasteiger partial charge in [0.15, 0.2) is 5.17 Å². The normalized spacial score (nSPS) is 20.2. The molecule has 3 N–H and O–H groups in total. The van der Waals surface area contributed by atoms with Crippen LogP contribution in [0.15, 0.2) is 10.5 Å². The van der Waals surface area contributed by atoms with Gasteiger partial charge in [0, 0.05) is 24.4 Å². The van der Waals surface area contributed by atoms with Crippen molar-refractivity contribution < 1.29 is 5.21 Å². The molecule has 1 aliphatic heterocycles. The molecule has 1 aliphatic rings.